The van der Waals surface area contributed by atoms with Gasteiger partial charge in [-0.3, -0.25) is 9.59 Å². The van der Waals surface area contributed by atoms with Crippen LogP contribution in [0.5, 0.6) is 0 Å². The quantitative estimate of drug-likeness (QED) is 0.381. The minimum absolute atomic E-state index is 0.01000. The summed E-state index contributed by atoms with van der Waals surface area (Å²) < 4.78 is 9.44. The molecule has 0 spiro atoms. The van der Waals surface area contributed by atoms with Crippen LogP contribution in [0.3, 0.4) is 0 Å². The molecule has 4 N–H and O–H groups in total. The summed E-state index contributed by atoms with van der Waals surface area (Å²) in [6.45, 7) is 5.03. The highest BCUT2D eigenvalue weighted by molar-refractivity contribution is 6.38. The molecule has 0 fully saturated rings. The van der Waals surface area contributed by atoms with Gasteiger partial charge in [-0.05, 0) is 37.6 Å². The van der Waals surface area contributed by atoms with Gasteiger partial charge in [-0.25, -0.2) is 9.97 Å². The second-order valence-electron chi connectivity index (χ2n) is 5.23. The number of hydrogen-bond donors (Lipinski definition) is 3. The van der Waals surface area contributed by atoms with Gasteiger partial charge in [0.05, 0.1) is 23.7 Å². The van der Waals surface area contributed by atoms with Crippen molar-refractivity contribution in [3.05, 3.63) is 63.9 Å². The van der Waals surface area contributed by atoms with Gasteiger partial charge in [-0.1, -0.05) is 23.2 Å². The Morgan fingerprint density at radius 1 is 0.900 bits per heavy atom. The summed E-state index contributed by atoms with van der Waals surface area (Å²) >= 11 is 16.3. The highest BCUT2D eigenvalue weighted by atomic mass is 35.5. The maximum absolute atomic E-state index is 10.9. The van der Waals surface area contributed by atoms with E-state index in [2.05, 4.69) is 20.6 Å². The predicted octanol–water partition coefficient (Wildman–Crippen LogP) is 4.08. The Balaban J connectivity index is 0.000000225. The van der Waals surface area contributed by atoms with Crippen LogP contribution in [0.2, 0.25) is 15.6 Å². The lowest BCUT2D eigenvalue weighted by atomic mass is 10.3. The number of furan rings is 2. The Morgan fingerprint density at radius 3 is 1.60 bits per heavy atom. The van der Waals surface area contributed by atoms with Crippen molar-refractivity contribution in [1.82, 2.24) is 20.6 Å². The maximum Gasteiger partial charge on any atom is 0.254 e. The molecule has 9 nitrogen and oxygen atoms in total. The Kier molecular flexibility index (Phi) is 11.4. The second kappa shape index (κ2) is 13.5. The van der Waals surface area contributed by atoms with Crippen LogP contribution in [0.15, 0.2) is 46.0 Å². The third-order valence-corrected chi connectivity index (χ3v) is 3.81. The number of aromatic nitrogens is 2. The summed E-state index contributed by atoms with van der Waals surface area (Å²) in [5.74, 6) is -0.174. The van der Waals surface area contributed by atoms with E-state index >= 15 is 0 Å². The molecule has 0 saturated carbocycles. The molecule has 162 valence electrons. The van der Waals surface area contributed by atoms with Gasteiger partial charge >= 0.3 is 0 Å². The Hall–Kier alpha value is -2.75. The molecule has 0 saturated heterocycles. The van der Waals surface area contributed by atoms with Crippen LogP contribution < -0.4 is 16.4 Å². The zero-order chi connectivity index (χ0) is 22.5. The number of amides is 2. The number of carbonyl (C=O) groups is 2. The number of nitrogen functional groups attached to an aromatic ring is 1. The number of nitrogens with zero attached hydrogens (tertiary/aromatic N) is 2. The minimum atomic E-state index is -0.0868. The zero-order valence-corrected chi connectivity index (χ0v) is 18.4. The Bertz CT molecular complexity index is 847. The molecule has 0 bridgehead atoms. The van der Waals surface area contributed by atoms with Gasteiger partial charge in [-0.2, -0.15) is 0 Å². The average molecular weight is 477 g/mol. The minimum Gasteiger partial charge on any atom is -0.472 e. The molecule has 3 rings (SSSR count). The van der Waals surface area contributed by atoms with E-state index in [4.69, 9.17) is 49.4 Å². The molecule has 2 amide bonds. The van der Waals surface area contributed by atoms with Crippen LogP contribution in [-0.4, -0.2) is 34.9 Å². The van der Waals surface area contributed by atoms with E-state index in [-0.39, 0.29) is 33.1 Å². The summed E-state index contributed by atoms with van der Waals surface area (Å²) in [6.07, 6.45) is 5.80. The molecule has 0 radical (unpaired) electrons. The van der Waals surface area contributed by atoms with E-state index in [1.807, 2.05) is 13.8 Å². The third kappa shape index (κ3) is 8.73. The van der Waals surface area contributed by atoms with Crippen molar-refractivity contribution in [1.29, 1.82) is 0 Å². The largest absolute Gasteiger partial charge is 0.472 e. The van der Waals surface area contributed by atoms with Gasteiger partial charge in [0, 0.05) is 13.1 Å². The lowest BCUT2D eigenvalue weighted by Crippen LogP contribution is -2.21. The van der Waals surface area contributed by atoms with Crippen LogP contribution in [-0.2, 0) is 0 Å². The van der Waals surface area contributed by atoms with Gasteiger partial charge in [0.25, 0.3) is 11.8 Å². The molecule has 0 atom stereocenters. The first-order chi connectivity index (χ1) is 14.3. The molecule has 3 heterocycles. The van der Waals surface area contributed by atoms with Crippen LogP contribution in [0, 0.1) is 0 Å². The lowest BCUT2D eigenvalue weighted by molar-refractivity contribution is 0.0947. The molecule has 0 unspecified atom stereocenters. The Morgan fingerprint density at radius 2 is 1.30 bits per heavy atom. The first kappa shape index (κ1) is 25.3. The number of hydrogen-bond acceptors (Lipinski definition) is 7. The SMILES string of the molecule is CCNC(=O)c1ccoc1.CCNC(=O)c1ccoc1.Nc1c(Cl)nc(Cl)nc1Cl. The Labute approximate surface area is 187 Å². The predicted molar refractivity (Wildman–Crippen MR) is 115 cm³/mol. The van der Waals surface area contributed by atoms with Crippen LogP contribution >= 0.6 is 34.8 Å². The van der Waals surface area contributed by atoms with Crippen molar-refractivity contribution in [2.24, 2.45) is 0 Å². The third-order valence-electron chi connectivity index (χ3n) is 3.07. The highest BCUT2D eigenvalue weighted by Gasteiger charge is 2.05. The van der Waals surface area contributed by atoms with E-state index in [1.54, 1.807) is 12.1 Å². The van der Waals surface area contributed by atoms with Crippen LogP contribution in [0.4, 0.5) is 5.69 Å². The van der Waals surface area contributed by atoms with E-state index < -0.39 is 0 Å². The van der Waals surface area contributed by atoms with Crippen molar-refractivity contribution < 1.29 is 18.4 Å². The van der Waals surface area contributed by atoms with E-state index in [0.29, 0.717) is 24.2 Å². The lowest BCUT2D eigenvalue weighted by Gasteiger charge is -1.97. The number of nitrogens with two attached hydrogens (primary N) is 1. The monoisotopic (exact) mass is 475 g/mol. The van der Waals surface area contributed by atoms with Crippen LogP contribution in [0.25, 0.3) is 0 Å². The van der Waals surface area contributed by atoms with E-state index in [1.165, 1.54) is 25.1 Å². The van der Waals surface area contributed by atoms with Gasteiger partial charge < -0.3 is 25.2 Å². The second-order valence-corrected chi connectivity index (χ2v) is 6.28. The first-order valence-electron chi connectivity index (χ1n) is 8.54. The molecule has 3 aromatic rings. The summed E-state index contributed by atoms with van der Waals surface area (Å²) in [6, 6.07) is 3.26. The molecule has 0 aliphatic rings. The summed E-state index contributed by atoms with van der Waals surface area (Å²) in [5, 5.41) is 5.44. The molecular formula is C18H20Cl3N5O4. The van der Waals surface area contributed by atoms with E-state index in [9.17, 15) is 9.59 Å². The standard InChI is InChI=1S/2C7H9NO2.C4H2Cl3N3/c2*1-2-8-7(9)6-3-4-10-5-6;5-2-1(8)3(6)10-4(7)9-2/h2*3-5H,2H2,1H3,(H,8,9);8H2. The van der Waals surface area contributed by atoms with Gasteiger partial charge in [0.15, 0.2) is 10.3 Å². The number of carbonyl (C=O) groups excluding carboxylic acids is 2. The fourth-order valence-electron chi connectivity index (χ4n) is 1.71. The maximum atomic E-state index is 10.9. The van der Waals surface area contributed by atoms with Crippen molar-refractivity contribution >= 4 is 52.3 Å². The van der Waals surface area contributed by atoms with E-state index in [0.717, 1.165) is 0 Å². The molecular weight excluding hydrogens is 457 g/mol. The highest BCUT2D eigenvalue weighted by Crippen LogP contribution is 2.24. The van der Waals surface area contributed by atoms with Crippen molar-refractivity contribution in [3.8, 4) is 0 Å². The van der Waals surface area contributed by atoms with Crippen LogP contribution in [0.1, 0.15) is 34.6 Å². The molecule has 0 aromatic carbocycles. The topological polar surface area (TPSA) is 136 Å². The molecule has 0 aliphatic heterocycles. The molecule has 0 aliphatic carbocycles. The average Bonchev–Trinajstić information content (AvgIpc) is 3.41. The molecule has 12 heteroatoms. The van der Waals surface area contributed by atoms with Gasteiger partial charge in [0.1, 0.15) is 18.2 Å². The van der Waals surface area contributed by atoms with Crippen molar-refractivity contribution in [2.75, 3.05) is 18.8 Å². The van der Waals surface area contributed by atoms with Crippen molar-refractivity contribution in [2.45, 2.75) is 13.8 Å². The number of halogens is 3. The fraction of sp³-hybridized carbons (Fsp3) is 0.222. The number of nitrogens with one attached hydrogen (secondary N) is 2. The smallest absolute Gasteiger partial charge is 0.254 e. The molecule has 3 aromatic heterocycles. The summed E-state index contributed by atoms with van der Waals surface area (Å²) in [5.41, 5.74) is 6.59. The molecule has 30 heavy (non-hydrogen) atoms. The normalized spacial score (nSPS) is 9.50. The first-order valence-corrected chi connectivity index (χ1v) is 9.68. The number of rotatable bonds is 4. The number of anilines is 1. The van der Waals surface area contributed by atoms with Gasteiger partial charge in [-0.15, -0.1) is 0 Å². The summed E-state index contributed by atoms with van der Waals surface area (Å²) in [4.78, 5) is 29.0. The summed E-state index contributed by atoms with van der Waals surface area (Å²) in [7, 11) is 0. The van der Waals surface area contributed by atoms with Gasteiger partial charge in [0.2, 0.25) is 5.28 Å². The van der Waals surface area contributed by atoms with Crippen molar-refractivity contribution in [3.63, 3.8) is 0 Å². The fourth-order valence-corrected chi connectivity index (χ4v) is 2.35. The zero-order valence-electron chi connectivity index (χ0n) is 16.1.